The Kier molecular flexibility index (Phi) is 4.96. The molecule has 0 aliphatic heterocycles. The SMILES string of the molecule is CCOC(=O)c1ccc([N+](=O)[O-])c(OS(=O)(=O)C(F)(F)F)c1. The molecule has 22 heavy (non-hydrogen) atoms. The van der Waals surface area contributed by atoms with Gasteiger partial charge in [0.25, 0.3) is 0 Å². The molecule has 8 nitrogen and oxygen atoms in total. The molecule has 0 heterocycles. The van der Waals surface area contributed by atoms with E-state index in [1.807, 2.05) is 0 Å². The Morgan fingerprint density at radius 2 is 1.95 bits per heavy atom. The number of nitro benzene ring substituents is 1. The lowest BCUT2D eigenvalue weighted by Gasteiger charge is -2.10. The quantitative estimate of drug-likeness (QED) is 0.264. The minimum absolute atomic E-state index is 0.0626. The first kappa shape index (κ1) is 17.7. The summed E-state index contributed by atoms with van der Waals surface area (Å²) in [5.41, 5.74) is -7.23. The predicted molar refractivity (Wildman–Crippen MR) is 64.7 cm³/mol. The molecule has 122 valence electrons. The summed E-state index contributed by atoms with van der Waals surface area (Å²) in [6.07, 6.45) is 0. The summed E-state index contributed by atoms with van der Waals surface area (Å²) in [5, 5.41) is 10.7. The molecular weight excluding hydrogens is 335 g/mol. The van der Waals surface area contributed by atoms with Crippen LogP contribution in [0.2, 0.25) is 0 Å². The van der Waals surface area contributed by atoms with Crippen LogP contribution >= 0.6 is 0 Å². The van der Waals surface area contributed by atoms with Gasteiger partial charge in [0.15, 0.2) is 0 Å². The number of rotatable bonds is 5. The largest absolute Gasteiger partial charge is 0.534 e. The van der Waals surface area contributed by atoms with E-state index in [0.717, 1.165) is 6.07 Å². The van der Waals surface area contributed by atoms with E-state index < -0.39 is 43.5 Å². The van der Waals surface area contributed by atoms with Crippen molar-refractivity contribution in [3.05, 3.63) is 33.9 Å². The highest BCUT2D eigenvalue weighted by atomic mass is 32.2. The molecule has 0 unspecified atom stereocenters. The third-order valence-corrected chi connectivity index (χ3v) is 3.12. The lowest BCUT2D eigenvalue weighted by molar-refractivity contribution is -0.385. The van der Waals surface area contributed by atoms with Gasteiger partial charge < -0.3 is 8.92 Å². The number of carbonyl (C=O) groups excluding carboxylic acids is 1. The number of hydrogen-bond donors (Lipinski definition) is 0. The summed E-state index contributed by atoms with van der Waals surface area (Å²) < 4.78 is 66.9. The second kappa shape index (κ2) is 6.17. The van der Waals surface area contributed by atoms with Gasteiger partial charge in [0.1, 0.15) is 0 Å². The van der Waals surface area contributed by atoms with E-state index in [4.69, 9.17) is 0 Å². The number of hydrogen-bond acceptors (Lipinski definition) is 7. The fraction of sp³-hybridized carbons (Fsp3) is 0.300. The Balaban J connectivity index is 3.34. The van der Waals surface area contributed by atoms with Gasteiger partial charge in [-0.1, -0.05) is 0 Å². The van der Waals surface area contributed by atoms with E-state index in [-0.39, 0.29) is 6.61 Å². The number of alkyl halides is 3. The van der Waals surface area contributed by atoms with Crippen LogP contribution in [0.1, 0.15) is 17.3 Å². The number of nitro groups is 1. The van der Waals surface area contributed by atoms with Crippen molar-refractivity contribution in [3.8, 4) is 5.75 Å². The van der Waals surface area contributed by atoms with Crippen molar-refractivity contribution >= 4 is 21.8 Å². The van der Waals surface area contributed by atoms with E-state index in [0.29, 0.717) is 12.1 Å². The summed E-state index contributed by atoms with van der Waals surface area (Å²) in [6.45, 7) is 1.39. The first-order chi connectivity index (χ1) is 9.99. The van der Waals surface area contributed by atoms with Crippen LogP contribution in [-0.4, -0.2) is 31.4 Å². The van der Waals surface area contributed by atoms with E-state index in [1.165, 1.54) is 6.92 Å². The number of nitrogens with zero attached hydrogens (tertiary/aromatic N) is 1. The van der Waals surface area contributed by atoms with Gasteiger partial charge in [-0.2, -0.15) is 21.6 Å². The fourth-order valence-corrected chi connectivity index (χ4v) is 1.70. The van der Waals surface area contributed by atoms with Crippen LogP contribution in [-0.2, 0) is 14.9 Å². The monoisotopic (exact) mass is 343 g/mol. The summed E-state index contributed by atoms with van der Waals surface area (Å²) >= 11 is 0. The van der Waals surface area contributed by atoms with Crippen molar-refractivity contribution in [2.75, 3.05) is 6.61 Å². The maximum atomic E-state index is 12.3. The molecule has 0 amide bonds. The molecular formula is C10H8F3NO7S. The predicted octanol–water partition coefficient (Wildman–Crippen LogP) is 2.00. The van der Waals surface area contributed by atoms with Crippen LogP contribution in [0.15, 0.2) is 18.2 Å². The van der Waals surface area contributed by atoms with Crippen molar-refractivity contribution in [1.29, 1.82) is 0 Å². The summed E-state index contributed by atoms with van der Waals surface area (Å²) in [7, 11) is -6.12. The molecule has 0 N–H and O–H groups in total. The van der Waals surface area contributed by atoms with Gasteiger partial charge in [0.05, 0.1) is 17.1 Å². The van der Waals surface area contributed by atoms with Crippen LogP contribution in [0, 0.1) is 10.1 Å². The minimum atomic E-state index is -6.12. The normalized spacial score (nSPS) is 11.8. The van der Waals surface area contributed by atoms with Crippen LogP contribution in [0.25, 0.3) is 0 Å². The molecule has 1 rings (SSSR count). The zero-order valence-corrected chi connectivity index (χ0v) is 11.6. The summed E-state index contributed by atoms with van der Waals surface area (Å²) in [6, 6.07) is 2.01. The molecule has 1 aromatic rings. The highest BCUT2D eigenvalue weighted by molar-refractivity contribution is 7.88. The second-order valence-electron chi connectivity index (χ2n) is 3.64. The van der Waals surface area contributed by atoms with Gasteiger partial charge in [-0.3, -0.25) is 10.1 Å². The van der Waals surface area contributed by atoms with Crippen LogP contribution in [0.5, 0.6) is 5.75 Å². The Bertz CT molecular complexity index is 699. The molecule has 0 saturated carbocycles. The van der Waals surface area contributed by atoms with Gasteiger partial charge >= 0.3 is 27.3 Å². The van der Waals surface area contributed by atoms with Crippen LogP contribution in [0.3, 0.4) is 0 Å². The molecule has 0 radical (unpaired) electrons. The molecule has 0 aliphatic rings. The molecule has 0 aromatic heterocycles. The van der Waals surface area contributed by atoms with Crippen molar-refractivity contribution < 1.29 is 40.2 Å². The highest BCUT2D eigenvalue weighted by Gasteiger charge is 2.49. The molecule has 0 spiro atoms. The van der Waals surface area contributed by atoms with Gasteiger partial charge in [0, 0.05) is 12.1 Å². The lowest BCUT2D eigenvalue weighted by atomic mass is 10.2. The van der Waals surface area contributed by atoms with E-state index in [1.54, 1.807) is 0 Å². The molecule has 0 aliphatic carbocycles. The van der Waals surface area contributed by atoms with Gasteiger partial charge in [-0.15, -0.1) is 0 Å². The number of halogens is 3. The number of benzene rings is 1. The fourth-order valence-electron chi connectivity index (χ4n) is 1.24. The van der Waals surface area contributed by atoms with Crippen molar-refractivity contribution in [2.45, 2.75) is 12.4 Å². The van der Waals surface area contributed by atoms with Crippen LogP contribution in [0.4, 0.5) is 18.9 Å². The molecule has 0 atom stereocenters. The van der Waals surface area contributed by atoms with Crippen molar-refractivity contribution in [1.82, 2.24) is 0 Å². The average Bonchev–Trinajstić information content (AvgIpc) is 2.36. The molecule has 0 fully saturated rings. The van der Waals surface area contributed by atoms with Gasteiger partial charge in [-0.25, -0.2) is 4.79 Å². The maximum absolute atomic E-state index is 12.3. The molecule has 12 heteroatoms. The smallest absolute Gasteiger partial charge is 0.462 e. The van der Waals surface area contributed by atoms with Crippen molar-refractivity contribution in [3.63, 3.8) is 0 Å². The molecule has 1 aromatic carbocycles. The van der Waals surface area contributed by atoms with E-state index in [2.05, 4.69) is 8.92 Å². The van der Waals surface area contributed by atoms with E-state index in [9.17, 15) is 36.5 Å². The zero-order valence-electron chi connectivity index (χ0n) is 10.8. The Morgan fingerprint density at radius 3 is 2.41 bits per heavy atom. The number of carbonyl (C=O) groups is 1. The van der Waals surface area contributed by atoms with Crippen LogP contribution < -0.4 is 4.18 Å². The minimum Gasteiger partial charge on any atom is -0.462 e. The zero-order chi connectivity index (χ0) is 17.1. The Morgan fingerprint density at radius 1 is 1.36 bits per heavy atom. The Hall–Kier alpha value is -2.37. The average molecular weight is 343 g/mol. The summed E-state index contributed by atoms with van der Waals surface area (Å²) in [4.78, 5) is 21.0. The standard InChI is InChI=1S/C10H8F3NO7S/c1-2-20-9(15)6-3-4-7(14(16)17)8(5-6)21-22(18,19)10(11,12)13/h3-5H,2H2,1H3. The maximum Gasteiger partial charge on any atom is 0.534 e. The van der Waals surface area contributed by atoms with Gasteiger partial charge in [0.2, 0.25) is 5.75 Å². The summed E-state index contributed by atoms with van der Waals surface area (Å²) in [5.74, 6) is -2.25. The molecule has 0 bridgehead atoms. The Labute approximate surface area is 121 Å². The third-order valence-electron chi connectivity index (χ3n) is 2.15. The van der Waals surface area contributed by atoms with E-state index >= 15 is 0 Å². The van der Waals surface area contributed by atoms with Gasteiger partial charge in [-0.05, 0) is 13.0 Å². The first-order valence-corrected chi connectivity index (χ1v) is 6.86. The third kappa shape index (κ3) is 3.84. The lowest BCUT2D eigenvalue weighted by Crippen LogP contribution is -2.28. The number of ether oxygens (including phenoxy) is 1. The first-order valence-electron chi connectivity index (χ1n) is 5.46. The molecule has 0 saturated heterocycles. The topological polar surface area (TPSA) is 113 Å². The second-order valence-corrected chi connectivity index (χ2v) is 5.18. The van der Waals surface area contributed by atoms with Crippen molar-refractivity contribution in [2.24, 2.45) is 0 Å². The highest BCUT2D eigenvalue weighted by Crippen LogP contribution is 2.33. The number of esters is 1.